The number of amides is 2. The van der Waals surface area contributed by atoms with Gasteiger partial charge < -0.3 is 0 Å². The SMILES string of the molecule is O=C1C[C@@H](N2CCC(CCc3ccc(F)cc3)CC2)C(=O)N1c1cccc(Cl)c1. The smallest absolute Gasteiger partial charge is 0.251 e. The predicted molar refractivity (Wildman–Crippen MR) is 111 cm³/mol. The molecule has 2 aliphatic heterocycles. The maximum Gasteiger partial charge on any atom is 0.251 e. The van der Waals surface area contributed by atoms with Crippen molar-refractivity contribution in [2.75, 3.05) is 18.0 Å². The number of halogens is 2. The molecule has 2 aromatic rings. The van der Waals surface area contributed by atoms with Crippen LogP contribution in [0.5, 0.6) is 0 Å². The monoisotopic (exact) mass is 414 g/mol. The van der Waals surface area contributed by atoms with Crippen molar-refractivity contribution in [3.8, 4) is 0 Å². The maximum absolute atomic E-state index is 13.0. The van der Waals surface area contributed by atoms with E-state index in [0.29, 0.717) is 16.6 Å². The first-order valence-electron chi connectivity index (χ1n) is 10.1. The van der Waals surface area contributed by atoms with E-state index in [0.717, 1.165) is 44.3 Å². The third-order valence-corrected chi connectivity index (χ3v) is 6.27. The summed E-state index contributed by atoms with van der Waals surface area (Å²) in [5, 5.41) is 0.508. The van der Waals surface area contributed by atoms with Gasteiger partial charge in [0, 0.05) is 5.02 Å². The topological polar surface area (TPSA) is 40.6 Å². The van der Waals surface area contributed by atoms with E-state index >= 15 is 0 Å². The lowest BCUT2D eigenvalue weighted by atomic mass is 9.90. The van der Waals surface area contributed by atoms with E-state index in [-0.39, 0.29) is 30.1 Å². The summed E-state index contributed by atoms with van der Waals surface area (Å²) in [4.78, 5) is 28.9. The van der Waals surface area contributed by atoms with E-state index in [2.05, 4.69) is 4.90 Å². The minimum absolute atomic E-state index is 0.151. The van der Waals surface area contributed by atoms with E-state index in [1.54, 1.807) is 24.3 Å². The van der Waals surface area contributed by atoms with Gasteiger partial charge in [-0.3, -0.25) is 14.5 Å². The Morgan fingerprint density at radius 3 is 2.45 bits per heavy atom. The summed E-state index contributed by atoms with van der Waals surface area (Å²) in [5.74, 6) is 0.0694. The molecule has 29 heavy (non-hydrogen) atoms. The van der Waals surface area contributed by atoms with Crippen LogP contribution in [0.15, 0.2) is 48.5 Å². The Hall–Kier alpha value is -2.24. The largest absolute Gasteiger partial charge is 0.292 e. The maximum atomic E-state index is 13.0. The van der Waals surface area contributed by atoms with Crippen molar-refractivity contribution >= 4 is 29.1 Å². The Bertz CT molecular complexity index is 894. The molecule has 1 atom stereocenters. The number of anilines is 1. The number of aryl methyl sites for hydroxylation is 1. The number of carbonyl (C=O) groups is 2. The van der Waals surface area contributed by atoms with Crippen molar-refractivity contribution in [3.05, 3.63) is 64.9 Å². The minimum Gasteiger partial charge on any atom is -0.292 e. The van der Waals surface area contributed by atoms with Gasteiger partial charge in [-0.1, -0.05) is 29.8 Å². The third kappa shape index (κ3) is 4.51. The summed E-state index contributed by atoms with van der Waals surface area (Å²) in [7, 11) is 0. The van der Waals surface area contributed by atoms with Crippen LogP contribution in [0.1, 0.15) is 31.2 Å². The highest BCUT2D eigenvalue weighted by Crippen LogP contribution is 2.30. The first-order chi connectivity index (χ1) is 14.0. The molecule has 0 N–H and O–H groups in total. The van der Waals surface area contributed by atoms with Crippen LogP contribution in [-0.2, 0) is 16.0 Å². The zero-order valence-corrected chi connectivity index (χ0v) is 16.9. The highest BCUT2D eigenvalue weighted by molar-refractivity contribution is 6.31. The Labute approximate surface area is 175 Å². The van der Waals surface area contributed by atoms with Gasteiger partial charge >= 0.3 is 0 Å². The van der Waals surface area contributed by atoms with Crippen LogP contribution < -0.4 is 4.90 Å². The molecule has 6 heteroatoms. The average Bonchev–Trinajstić information content (AvgIpc) is 3.02. The number of hydrogen-bond acceptors (Lipinski definition) is 3. The fourth-order valence-corrected chi connectivity index (χ4v) is 4.55. The molecule has 2 saturated heterocycles. The van der Waals surface area contributed by atoms with Gasteiger partial charge in [0.25, 0.3) is 5.91 Å². The summed E-state index contributed by atoms with van der Waals surface area (Å²) >= 11 is 6.02. The molecule has 0 saturated carbocycles. The average molecular weight is 415 g/mol. The van der Waals surface area contributed by atoms with Crippen molar-refractivity contribution in [2.24, 2.45) is 5.92 Å². The molecule has 2 amide bonds. The summed E-state index contributed by atoms with van der Waals surface area (Å²) in [6.45, 7) is 1.64. The molecule has 0 aliphatic carbocycles. The van der Waals surface area contributed by atoms with Crippen molar-refractivity contribution in [1.29, 1.82) is 0 Å². The van der Waals surface area contributed by atoms with Crippen LogP contribution >= 0.6 is 11.6 Å². The summed E-state index contributed by atoms with van der Waals surface area (Å²) in [6.07, 6.45) is 4.25. The van der Waals surface area contributed by atoms with Crippen LogP contribution in [0.3, 0.4) is 0 Å². The van der Waals surface area contributed by atoms with Crippen LogP contribution in [-0.4, -0.2) is 35.8 Å². The molecule has 152 valence electrons. The second-order valence-electron chi connectivity index (χ2n) is 7.91. The number of hydrogen-bond donors (Lipinski definition) is 0. The number of likely N-dealkylation sites (tertiary alicyclic amines) is 1. The second kappa shape index (κ2) is 8.64. The molecule has 2 fully saturated rings. The lowest BCUT2D eigenvalue weighted by molar-refractivity contribution is -0.123. The van der Waals surface area contributed by atoms with Gasteiger partial charge in [-0.05, 0) is 80.6 Å². The molecule has 0 unspecified atom stereocenters. The van der Waals surface area contributed by atoms with Crippen molar-refractivity contribution < 1.29 is 14.0 Å². The normalized spacial score (nSPS) is 21.2. The number of imide groups is 1. The van der Waals surface area contributed by atoms with Gasteiger partial charge in [0.05, 0.1) is 18.2 Å². The quantitative estimate of drug-likeness (QED) is 0.678. The lowest BCUT2D eigenvalue weighted by Crippen LogP contribution is -2.46. The van der Waals surface area contributed by atoms with Gasteiger partial charge in [-0.25, -0.2) is 9.29 Å². The first kappa shape index (κ1) is 20.0. The number of rotatable bonds is 5. The highest BCUT2D eigenvalue weighted by atomic mass is 35.5. The Balaban J connectivity index is 1.32. The van der Waals surface area contributed by atoms with E-state index in [9.17, 15) is 14.0 Å². The number of benzene rings is 2. The minimum atomic E-state index is -0.375. The Morgan fingerprint density at radius 1 is 1.03 bits per heavy atom. The van der Waals surface area contributed by atoms with Gasteiger partial charge in [0.15, 0.2) is 0 Å². The number of piperidine rings is 1. The molecular weight excluding hydrogens is 391 g/mol. The number of carbonyl (C=O) groups excluding carboxylic acids is 2. The summed E-state index contributed by atoms with van der Waals surface area (Å²) in [6, 6.07) is 13.2. The molecule has 0 aromatic heterocycles. The molecule has 0 radical (unpaired) electrons. The molecule has 0 spiro atoms. The lowest BCUT2D eigenvalue weighted by Gasteiger charge is -2.34. The van der Waals surface area contributed by atoms with Crippen LogP contribution in [0.25, 0.3) is 0 Å². The zero-order valence-electron chi connectivity index (χ0n) is 16.2. The molecular formula is C23H24ClFN2O2. The molecule has 2 aromatic carbocycles. The Morgan fingerprint density at radius 2 is 1.76 bits per heavy atom. The van der Waals surface area contributed by atoms with E-state index in [1.807, 2.05) is 12.1 Å². The van der Waals surface area contributed by atoms with Gasteiger partial charge in [0.2, 0.25) is 5.91 Å². The zero-order chi connectivity index (χ0) is 20.4. The molecule has 0 bridgehead atoms. The summed E-state index contributed by atoms with van der Waals surface area (Å²) < 4.78 is 13.0. The molecule has 2 heterocycles. The highest BCUT2D eigenvalue weighted by Gasteiger charge is 2.43. The van der Waals surface area contributed by atoms with Crippen LogP contribution in [0.2, 0.25) is 5.02 Å². The molecule has 4 rings (SSSR count). The van der Waals surface area contributed by atoms with E-state index in [4.69, 9.17) is 11.6 Å². The second-order valence-corrected chi connectivity index (χ2v) is 8.35. The predicted octanol–water partition coefficient (Wildman–Crippen LogP) is 4.46. The van der Waals surface area contributed by atoms with Gasteiger partial charge in [-0.15, -0.1) is 0 Å². The van der Waals surface area contributed by atoms with Gasteiger partial charge in [-0.2, -0.15) is 0 Å². The van der Waals surface area contributed by atoms with E-state index < -0.39 is 0 Å². The first-order valence-corrected chi connectivity index (χ1v) is 10.5. The fraction of sp³-hybridized carbons (Fsp3) is 0.391. The fourth-order valence-electron chi connectivity index (χ4n) is 4.36. The van der Waals surface area contributed by atoms with Crippen molar-refractivity contribution in [1.82, 2.24) is 4.90 Å². The number of nitrogens with zero attached hydrogens (tertiary/aromatic N) is 2. The van der Waals surface area contributed by atoms with Crippen molar-refractivity contribution in [3.63, 3.8) is 0 Å². The molecule has 4 nitrogen and oxygen atoms in total. The van der Waals surface area contributed by atoms with E-state index in [1.165, 1.54) is 17.0 Å². The standard InChI is InChI=1S/C23H24ClFN2O2/c24-18-2-1-3-20(14-18)27-22(28)15-21(23(27)29)26-12-10-17(11-13-26)5-4-16-6-8-19(25)9-7-16/h1-3,6-9,14,17,21H,4-5,10-13,15H2/t21-/m1/s1. The third-order valence-electron chi connectivity index (χ3n) is 6.03. The Kier molecular flexibility index (Phi) is 5.97. The van der Waals surface area contributed by atoms with Gasteiger partial charge in [0.1, 0.15) is 5.82 Å². The molecule has 2 aliphatic rings. The van der Waals surface area contributed by atoms with Crippen molar-refractivity contribution in [2.45, 2.75) is 38.1 Å². The summed E-state index contributed by atoms with van der Waals surface area (Å²) in [5.41, 5.74) is 1.70. The van der Waals surface area contributed by atoms with Crippen LogP contribution in [0, 0.1) is 11.7 Å². The van der Waals surface area contributed by atoms with Crippen LogP contribution in [0.4, 0.5) is 10.1 Å².